The molecule has 5 heteroatoms. The van der Waals surface area contributed by atoms with Crippen molar-refractivity contribution in [2.75, 3.05) is 0 Å². The van der Waals surface area contributed by atoms with Crippen LogP contribution in [0.5, 0.6) is 0 Å². The van der Waals surface area contributed by atoms with E-state index in [4.69, 9.17) is 5.73 Å². The molecule has 0 aliphatic heterocycles. The molecule has 2 rings (SSSR count). The fourth-order valence-electron chi connectivity index (χ4n) is 2.48. The van der Waals surface area contributed by atoms with E-state index in [9.17, 15) is 17.6 Å². The van der Waals surface area contributed by atoms with E-state index in [-0.39, 0.29) is 30.7 Å². The Morgan fingerprint density at radius 3 is 2.67 bits per heavy atom. The largest absolute Gasteiger partial charge is 0.327 e. The molecule has 18 heavy (non-hydrogen) atoms. The lowest BCUT2D eigenvalue weighted by atomic mass is 9.92. The van der Waals surface area contributed by atoms with Gasteiger partial charge in [0.1, 0.15) is 0 Å². The fourth-order valence-corrected chi connectivity index (χ4v) is 2.48. The zero-order valence-corrected chi connectivity index (χ0v) is 9.80. The molecule has 0 amide bonds. The van der Waals surface area contributed by atoms with Crippen molar-refractivity contribution in [3.8, 4) is 0 Å². The summed E-state index contributed by atoms with van der Waals surface area (Å²) in [4.78, 5) is 0. The van der Waals surface area contributed by atoms with Crippen LogP contribution >= 0.6 is 0 Å². The molecule has 2 unspecified atom stereocenters. The molecular weight excluding hydrogens is 246 g/mol. The Labute approximate surface area is 103 Å². The first-order chi connectivity index (χ1) is 8.39. The lowest BCUT2D eigenvalue weighted by molar-refractivity contribution is 0.00392. The fraction of sp³-hybridized carbons (Fsp3) is 0.538. The highest BCUT2D eigenvalue weighted by Crippen LogP contribution is 2.40. The summed E-state index contributed by atoms with van der Waals surface area (Å²) in [7, 11) is 0. The van der Waals surface area contributed by atoms with Crippen molar-refractivity contribution in [2.45, 2.75) is 37.6 Å². The number of alkyl halides is 2. The van der Waals surface area contributed by atoms with Gasteiger partial charge in [-0.3, -0.25) is 0 Å². The Morgan fingerprint density at radius 2 is 2.06 bits per heavy atom. The standard InChI is InChI=1S/C13H15F4N/c14-10-3-1-2-8(12(10)15)6-11(18)9-4-5-13(16,17)7-9/h1-3,9,11H,4-7,18H2. The van der Waals surface area contributed by atoms with E-state index in [1.54, 1.807) is 0 Å². The smallest absolute Gasteiger partial charge is 0.248 e. The van der Waals surface area contributed by atoms with Gasteiger partial charge in [-0.05, 0) is 30.4 Å². The maximum atomic E-state index is 13.4. The Hall–Kier alpha value is -1.10. The van der Waals surface area contributed by atoms with Crippen molar-refractivity contribution < 1.29 is 17.6 Å². The molecule has 1 saturated carbocycles. The van der Waals surface area contributed by atoms with Crippen LogP contribution in [-0.2, 0) is 6.42 Å². The van der Waals surface area contributed by atoms with E-state index in [1.807, 2.05) is 0 Å². The van der Waals surface area contributed by atoms with Gasteiger partial charge < -0.3 is 5.73 Å². The number of halogens is 4. The highest BCUT2D eigenvalue weighted by atomic mass is 19.3. The summed E-state index contributed by atoms with van der Waals surface area (Å²) in [6.45, 7) is 0. The van der Waals surface area contributed by atoms with Crippen LogP contribution in [0.4, 0.5) is 17.6 Å². The molecule has 0 saturated heterocycles. The zero-order chi connectivity index (χ0) is 13.3. The Bertz CT molecular complexity index is 433. The minimum Gasteiger partial charge on any atom is -0.327 e. The molecule has 1 aliphatic rings. The molecule has 2 atom stereocenters. The first kappa shape index (κ1) is 13.3. The third-order valence-corrected chi connectivity index (χ3v) is 3.53. The molecule has 0 bridgehead atoms. The number of benzene rings is 1. The summed E-state index contributed by atoms with van der Waals surface area (Å²) in [5, 5.41) is 0. The quantitative estimate of drug-likeness (QED) is 0.830. The summed E-state index contributed by atoms with van der Waals surface area (Å²) in [5.41, 5.74) is 5.98. The van der Waals surface area contributed by atoms with E-state index in [0.29, 0.717) is 6.42 Å². The van der Waals surface area contributed by atoms with Gasteiger partial charge in [0.25, 0.3) is 0 Å². The van der Waals surface area contributed by atoms with E-state index in [2.05, 4.69) is 0 Å². The van der Waals surface area contributed by atoms with Gasteiger partial charge in [0.15, 0.2) is 11.6 Å². The maximum absolute atomic E-state index is 13.4. The molecule has 1 nitrogen and oxygen atoms in total. The van der Waals surface area contributed by atoms with Gasteiger partial charge in [0.05, 0.1) is 0 Å². The molecule has 1 aromatic carbocycles. The van der Waals surface area contributed by atoms with Gasteiger partial charge in [0, 0.05) is 18.9 Å². The van der Waals surface area contributed by atoms with Gasteiger partial charge in [-0.25, -0.2) is 17.6 Å². The maximum Gasteiger partial charge on any atom is 0.248 e. The molecule has 1 aliphatic carbocycles. The molecule has 1 fully saturated rings. The third kappa shape index (κ3) is 2.83. The second kappa shape index (κ2) is 4.88. The van der Waals surface area contributed by atoms with E-state index in [1.165, 1.54) is 12.1 Å². The highest BCUT2D eigenvalue weighted by Gasteiger charge is 2.41. The number of hydrogen-bond donors (Lipinski definition) is 1. The molecule has 2 N–H and O–H groups in total. The minimum absolute atomic E-state index is 0.0876. The Kier molecular flexibility index (Phi) is 3.61. The summed E-state index contributed by atoms with van der Waals surface area (Å²) in [6.07, 6.45) is -0.00244. The van der Waals surface area contributed by atoms with Gasteiger partial charge in [-0.15, -0.1) is 0 Å². The summed E-state index contributed by atoms with van der Waals surface area (Å²) < 4.78 is 52.5. The summed E-state index contributed by atoms with van der Waals surface area (Å²) >= 11 is 0. The van der Waals surface area contributed by atoms with Crippen molar-refractivity contribution in [3.05, 3.63) is 35.4 Å². The predicted octanol–water partition coefficient (Wildman–Crippen LogP) is 3.27. The second-order valence-corrected chi connectivity index (χ2v) is 4.94. The molecule has 0 radical (unpaired) electrons. The molecule has 0 aromatic heterocycles. The van der Waals surface area contributed by atoms with Crippen LogP contribution in [0.2, 0.25) is 0 Å². The van der Waals surface area contributed by atoms with Crippen LogP contribution in [0.15, 0.2) is 18.2 Å². The number of rotatable bonds is 3. The SMILES string of the molecule is NC(Cc1cccc(F)c1F)C1CCC(F)(F)C1. The van der Waals surface area contributed by atoms with E-state index < -0.39 is 23.6 Å². The van der Waals surface area contributed by atoms with E-state index in [0.717, 1.165) is 6.07 Å². The van der Waals surface area contributed by atoms with Crippen molar-refractivity contribution in [3.63, 3.8) is 0 Å². The number of hydrogen-bond acceptors (Lipinski definition) is 1. The van der Waals surface area contributed by atoms with Crippen LogP contribution in [0, 0.1) is 17.6 Å². The monoisotopic (exact) mass is 261 g/mol. The predicted molar refractivity (Wildman–Crippen MR) is 60.3 cm³/mol. The van der Waals surface area contributed by atoms with Gasteiger partial charge in [0.2, 0.25) is 5.92 Å². The van der Waals surface area contributed by atoms with Crippen molar-refractivity contribution in [1.82, 2.24) is 0 Å². The second-order valence-electron chi connectivity index (χ2n) is 4.94. The molecule has 0 spiro atoms. The molecular formula is C13H15F4N. The van der Waals surface area contributed by atoms with Crippen LogP contribution in [-0.4, -0.2) is 12.0 Å². The van der Waals surface area contributed by atoms with E-state index >= 15 is 0 Å². The summed E-state index contributed by atoms with van der Waals surface area (Å²) in [6, 6.07) is 3.29. The molecule has 100 valence electrons. The van der Waals surface area contributed by atoms with Gasteiger partial charge in [-0.2, -0.15) is 0 Å². The molecule has 1 aromatic rings. The van der Waals surface area contributed by atoms with Crippen LogP contribution in [0.1, 0.15) is 24.8 Å². The minimum atomic E-state index is -2.66. The van der Waals surface area contributed by atoms with Gasteiger partial charge >= 0.3 is 0 Å². The average Bonchev–Trinajstić information content (AvgIpc) is 2.65. The highest BCUT2D eigenvalue weighted by molar-refractivity contribution is 5.20. The number of nitrogens with two attached hydrogens (primary N) is 1. The third-order valence-electron chi connectivity index (χ3n) is 3.53. The van der Waals surface area contributed by atoms with Crippen LogP contribution < -0.4 is 5.73 Å². The van der Waals surface area contributed by atoms with Crippen molar-refractivity contribution in [1.29, 1.82) is 0 Å². The van der Waals surface area contributed by atoms with Crippen molar-refractivity contribution >= 4 is 0 Å². The van der Waals surface area contributed by atoms with Crippen LogP contribution in [0.25, 0.3) is 0 Å². The normalized spacial score (nSPS) is 24.2. The topological polar surface area (TPSA) is 26.0 Å². The zero-order valence-electron chi connectivity index (χ0n) is 9.80. The van der Waals surface area contributed by atoms with Crippen molar-refractivity contribution in [2.24, 2.45) is 11.7 Å². The summed E-state index contributed by atoms with van der Waals surface area (Å²) in [5.74, 6) is -4.86. The van der Waals surface area contributed by atoms with Crippen LogP contribution in [0.3, 0.4) is 0 Å². The Balaban J connectivity index is 2.04. The first-order valence-electron chi connectivity index (χ1n) is 5.95. The lowest BCUT2D eigenvalue weighted by Crippen LogP contribution is -2.32. The average molecular weight is 261 g/mol. The van der Waals surface area contributed by atoms with Gasteiger partial charge in [-0.1, -0.05) is 12.1 Å². The molecule has 0 heterocycles. The first-order valence-corrected chi connectivity index (χ1v) is 5.95. The lowest BCUT2D eigenvalue weighted by Gasteiger charge is -2.19. The Morgan fingerprint density at radius 1 is 1.33 bits per heavy atom.